The fraction of sp³-hybridized carbons (Fsp3) is 0.364. The van der Waals surface area contributed by atoms with Crippen LogP contribution in [0.2, 0.25) is 0 Å². The van der Waals surface area contributed by atoms with Crippen molar-refractivity contribution in [1.82, 2.24) is 4.98 Å². The van der Waals surface area contributed by atoms with Gasteiger partial charge in [0.25, 0.3) is 0 Å². The first-order valence-corrected chi connectivity index (χ1v) is 5.56. The van der Waals surface area contributed by atoms with Crippen LogP contribution in [0.25, 0.3) is 0 Å². The van der Waals surface area contributed by atoms with Crippen molar-refractivity contribution in [1.29, 1.82) is 5.26 Å². The van der Waals surface area contributed by atoms with Crippen LogP contribution < -0.4 is 5.32 Å². The second-order valence-electron chi connectivity index (χ2n) is 3.71. The van der Waals surface area contributed by atoms with E-state index in [2.05, 4.69) is 10.3 Å². The van der Waals surface area contributed by atoms with Crippen molar-refractivity contribution in [3.05, 3.63) is 27.9 Å². The summed E-state index contributed by atoms with van der Waals surface area (Å²) >= 11 is 0. The molecule has 8 nitrogen and oxygen atoms in total. The summed E-state index contributed by atoms with van der Waals surface area (Å²) < 4.78 is 0. The molecule has 8 heteroatoms. The number of aromatic nitrogens is 1. The Morgan fingerprint density at radius 1 is 1.53 bits per heavy atom. The number of hydrogen-bond acceptors (Lipinski definition) is 6. The van der Waals surface area contributed by atoms with Gasteiger partial charge in [-0.3, -0.25) is 14.9 Å². The molecule has 1 heterocycles. The van der Waals surface area contributed by atoms with E-state index in [0.29, 0.717) is 25.2 Å². The Kier molecular flexibility index (Phi) is 5.22. The molecule has 0 spiro atoms. The van der Waals surface area contributed by atoms with Gasteiger partial charge < -0.3 is 10.4 Å². The van der Waals surface area contributed by atoms with Gasteiger partial charge in [-0.2, -0.15) is 5.26 Å². The molecule has 0 radical (unpaired) electrons. The topological polar surface area (TPSA) is 129 Å². The van der Waals surface area contributed by atoms with E-state index in [1.54, 1.807) is 6.07 Å². The van der Waals surface area contributed by atoms with Crippen LogP contribution in [0.3, 0.4) is 0 Å². The van der Waals surface area contributed by atoms with Crippen LogP contribution in [0.1, 0.15) is 25.0 Å². The number of pyridine rings is 1. The third-order valence-electron chi connectivity index (χ3n) is 2.30. The maximum atomic E-state index is 10.6. The maximum absolute atomic E-state index is 10.6. The zero-order chi connectivity index (χ0) is 14.3. The molecule has 1 aromatic heterocycles. The number of carbonyl (C=O) groups is 1. The number of carboxylic acids is 1. The normalized spacial score (nSPS) is 9.63. The molecule has 0 aliphatic carbocycles. The molecule has 100 valence electrons. The minimum atomic E-state index is -0.847. The first kappa shape index (κ1) is 14.4. The van der Waals surface area contributed by atoms with Gasteiger partial charge in [0.15, 0.2) is 0 Å². The molecular formula is C11H12N4O4. The molecule has 0 amide bonds. The number of rotatable bonds is 7. The first-order chi connectivity index (χ1) is 9.04. The number of aliphatic carboxylic acids is 1. The molecule has 19 heavy (non-hydrogen) atoms. The zero-order valence-corrected chi connectivity index (χ0v) is 10.00. The third kappa shape index (κ3) is 4.59. The number of nitriles is 1. The fourth-order valence-electron chi connectivity index (χ4n) is 1.40. The van der Waals surface area contributed by atoms with E-state index in [4.69, 9.17) is 10.4 Å². The quantitative estimate of drug-likeness (QED) is 0.434. The van der Waals surface area contributed by atoms with Gasteiger partial charge in [-0.15, -0.1) is 0 Å². The average molecular weight is 264 g/mol. The Morgan fingerprint density at radius 3 is 2.84 bits per heavy atom. The molecule has 1 aromatic rings. The average Bonchev–Trinajstić information content (AvgIpc) is 2.37. The van der Waals surface area contributed by atoms with E-state index in [-0.39, 0.29) is 17.8 Å². The Hall–Kier alpha value is -2.69. The summed E-state index contributed by atoms with van der Waals surface area (Å²) in [4.78, 5) is 24.0. The highest BCUT2D eigenvalue weighted by Gasteiger charge is 2.15. The van der Waals surface area contributed by atoms with Crippen LogP contribution in [0.4, 0.5) is 11.5 Å². The predicted octanol–water partition coefficient (Wildman–Crippen LogP) is 1.53. The molecule has 0 fully saturated rings. The highest BCUT2D eigenvalue weighted by molar-refractivity contribution is 5.66. The number of hydrogen-bond donors (Lipinski definition) is 2. The van der Waals surface area contributed by atoms with E-state index in [1.807, 2.05) is 0 Å². The maximum Gasteiger partial charge on any atom is 0.305 e. The third-order valence-corrected chi connectivity index (χ3v) is 2.30. The Balaban J connectivity index is 2.54. The van der Waals surface area contributed by atoms with Crippen LogP contribution in [0.15, 0.2) is 12.1 Å². The van der Waals surface area contributed by atoms with Crippen molar-refractivity contribution in [2.24, 2.45) is 0 Å². The Bertz CT molecular complexity index is 524. The van der Waals surface area contributed by atoms with Gasteiger partial charge in [0.2, 0.25) is 5.69 Å². The van der Waals surface area contributed by atoms with Crippen LogP contribution in [0.5, 0.6) is 0 Å². The molecule has 1 rings (SSSR count). The van der Waals surface area contributed by atoms with Gasteiger partial charge >= 0.3 is 11.7 Å². The lowest BCUT2D eigenvalue weighted by molar-refractivity contribution is -0.385. The molecule has 0 saturated heterocycles. The monoisotopic (exact) mass is 264 g/mol. The van der Waals surface area contributed by atoms with Gasteiger partial charge in [-0.05, 0) is 18.9 Å². The summed E-state index contributed by atoms with van der Waals surface area (Å²) in [5, 5.41) is 30.7. The highest BCUT2D eigenvalue weighted by Crippen LogP contribution is 2.17. The largest absolute Gasteiger partial charge is 0.481 e. The number of nitrogens with one attached hydrogen (secondary N) is 1. The van der Waals surface area contributed by atoms with Gasteiger partial charge in [-0.1, -0.05) is 0 Å². The van der Waals surface area contributed by atoms with E-state index < -0.39 is 10.9 Å². The number of unbranched alkanes of at least 4 members (excludes halogenated alkanes) is 1. The standard InChI is InChI=1S/C11H12N4O4/c12-7-8-9(15(18)19)4-5-10(14-8)13-6-2-1-3-11(16)17/h4-5H,1-3,6H2,(H,13,14)(H,16,17). The molecule has 0 atom stereocenters. The highest BCUT2D eigenvalue weighted by atomic mass is 16.6. The van der Waals surface area contributed by atoms with Crippen LogP contribution in [-0.2, 0) is 4.79 Å². The number of anilines is 1. The summed E-state index contributed by atoms with van der Waals surface area (Å²) in [6, 6.07) is 4.29. The van der Waals surface area contributed by atoms with Crippen molar-refractivity contribution in [2.75, 3.05) is 11.9 Å². The molecule has 0 bridgehead atoms. The molecular weight excluding hydrogens is 252 g/mol. The zero-order valence-electron chi connectivity index (χ0n) is 10.00. The van der Waals surface area contributed by atoms with Gasteiger partial charge in [-0.25, -0.2) is 4.98 Å². The lowest BCUT2D eigenvalue weighted by atomic mass is 10.2. The Morgan fingerprint density at radius 2 is 2.26 bits per heavy atom. The summed E-state index contributed by atoms with van der Waals surface area (Å²) in [6.07, 6.45) is 1.26. The minimum Gasteiger partial charge on any atom is -0.481 e. The van der Waals surface area contributed by atoms with E-state index in [1.165, 1.54) is 12.1 Å². The van der Waals surface area contributed by atoms with E-state index in [9.17, 15) is 14.9 Å². The summed E-state index contributed by atoms with van der Waals surface area (Å²) in [5.41, 5.74) is -0.584. The summed E-state index contributed by atoms with van der Waals surface area (Å²) in [5.74, 6) is -0.488. The molecule has 0 aliphatic rings. The van der Waals surface area contributed by atoms with Crippen molar-refractivity contribution in [3.8, 4) is 6.07 Å². The van der Waals surface area contributed by atoms with Crippen molar-refractivity contribution in [3.63, 3.8) is 0 Å². The number of carboxylic acid groups (broad SMARTS) is 1. The van der Waals surface area contributed by atoms with Gasteiger partial charge in [0, 0.05) is 19.0 Å². The smallest absolute Gasteiger partial charge is 0.305 e. The van der Waals surface area contributed by atoms with E-state index in [0.717, 1.165) is 0 Å². The van der Waals surface area contributed by atoms with Crippen LogP contribution >= 0.6 is 0 Å². The number of nitro groups is 1. The van der Waals surface area contributed by atoms with Gasteiger partial charge in [0.1, 0.15) is 11.9 Å². The van der Waals surface area contributed by atoms with Crippen LogP contribution in [0, 0.1) is 21.4 Å². The Labute approximate surface area is 108 Å². The van der Waals surface area contributed by atoms with E-state index >= 15 is 0 Å². The number of nitrogens with zero attached hydrogens (tertiary/aromatic N) is 3. The molecule has 0 unspecified atom stereocenters. The van der Waals surface area contributed by atoms with Crippen molar-refractivity contribution < 1.29 is 14.8 Å². The molecule has 0 aromatic carbocycles. The summed E-state index contributed by atoms with van der Waals surface area (Å²) in [7, 11) is 0. The van der Waals surface area contributed by atoms with Crippen LogP contribution in [-0.4, -0.2) is 27.5 Å². The molecule has 0 aliphatic heterocycles. The van der Waals surface area contributed by atoms with Crippen molar-refractivity contribution in [2.45, 2.75) is 19.3 Å². The first-order valence-electron chi connectivity index (χ1n) is 5.56. The minimum absolute atomic E-state index is 0.0960. The second kappa shape index (κ2) is 6.90. The lowest BCUT2D eigenvalue weighted by Crippen LogP contribution is -2.06. The summed E-state index contributed by atoms with van der Waals surface area (Å²) in [6.45, 7) is 0.489. The lowest BCUT2D eigenvalue weighted by Gasteiger charge is -2.05. The van der Waals surface area contributed by atoms with Gasteiger partial charge in [0.05, 0.1) is 4.92 Å². The molecule has 0 saturated carbocycles. The molecule has 2 N–H and O–H groups in total. The van der Waals surface area contributed by atoms with Crippen molar-refractivity contribution >= 4 is 17.5 Å². The SMILES string of the molecule is N#Cc1nc(NCCCCC(=O)O)ccc1[N+](=O)[O-]. The second-order valence-corrected chi connectivity index (χ2v) is 3.71. The predicted molar refractivity (Wildman–Crippen MR) is 65.6 cm³/mol. The fourth-order valence-corrected chi connectivity index (χ4v) is 1.40.